The van der Waals surface area contributed by atoms with Crippen LogP contribution in [-0.4, -0.2) is 4.57 Å². The first-order valence-corrected chi connectivity index (χ1v) is 12.9. The number of aryl methyl sites for hydroxylation is 2. The molecule has 0 N–H and O–H groups in total. The Bertz CT molecular complexity index is 449. The highest BCUT2D eigenvalue weighted by Crippen LogP contribution is 2.12. The van der Waals surface area contributed by atoms with Gasteiger partial charge in [0.1, 0.15) is 12.4 Å². The summed E-state index contributed by atoms with van der Waals surface area (Å²) in [7, 11) is 0. The lowest BCUT2D eigenvalue weighted by Gasteiger charge is -2.06. The van der Waals surface area contributed by atoms with Crippen molar-refractivity contribution < 1.29 is 4.57 Å². The van der Waals surface area contributed by atoms with E-state index in [0.717, 1.165) is 0 Å². The maximum absolute atomic E-state index is 2.57. The van der Waals surface area contributed by atoms with E-state index in [4.69, 9.17) is 0 Å². The van der Waals surface area contributed by atoms with Gasteiger partial charge in [0.25, 0.3) is 5.82 Å². The van der Waals surface area contributed by atoms with Gasteiger partial charge in [0.2, 0.25) is 0 Å². The Morgan fingerprint density at radius 1 is 0.607 bits per heavy atom. The second-order valence-corrected chi connectivity index (χ2v) is 8.80. The topological polar surface area (TPSA) is 8.81 Å². The van der Waals surface area contributed by atoms with Gasteiger partial charge in [-0.15, -0.1) is 0 Å². The lowest BCUT2D eigenvalue weighted by molar-refractivity contribution is -0.704. The van der Waals surface area contributed by atoms with E-state index in [-0.39, 0.29) is 0 Å². The van der Waals surface area contributed by atoms with Crippen molar-refractivity contribution in [3.05, 3.63) is 18.2 Å². The van der Waals surface area contributed by atoms with Gasteiger partial charge in [-0.25, -0.2) is 9.13 Å². The third-order valence-corrected chi connectivity index (χ3v) is 6.10. The van der Waals surface area contributed by atoms with Crippen molar-refractivity contribution in [2.24, 2.45) is 0 Å². The zero-order valence-electron chi connectivity index (χ0n) is 19.7. The van der Waals surface area contributed by atoms with Crippen LogP contribution < -0.4 is 4.57 Å². The van der Waals surface area contributed by atoms with Gasteiger partial charge in [0.15, 0.2) is 0 Å². The Hall–Kier alpha value is -0.790. The summed E-state index contributed by atoms with van der Waals surface area (Å²) in [6.45, 7) is 9.35. The lowest BCUT2D eigenvalue weighted by Crippen LogP contribution is -2.37. The molecule has 0 fully saturated rings. The zero-order chi connectivity index (χ0) is 20.3. The zero-order valence-corrected chi connectivity index (χ0v) is 19.7. The van der Waals surface area contributed by atoms with Crippen LogP contribution in [0.5, 0.6) is 0 Å². The summed E-state index contributed by atoms with van der Waals surface area (Å²) in [5.41, 5.74) is 0. The van der Waals surface area contributed by atoms with Gasteiger partial charge in [-0.2, -0.15) is 0 Å². The first-order valence-electron chi connectivity index (χ1n) is 12.9. The van der Waals surface area contributed by atoms with Crippen LogP contribution in [0.2, 0.25) is 0 Å². The molecule has 0 spiro atoms. The van der Waals surface area contributed by atoms with Crippen LogP contribution in [0.3, 0.4) is 0 Å². The number of aromatic nitrogens is 2. The lowest BCUT2D eigenvalue weighted by atomic mass is 10.1. The number of nitrogens with zero attached hydrogens (tertiary/aromatic N) is 2. The van der Waals surface area contributed by atoms with Crippen LogP contribution in [0.1, 0.15) is 136 Å². The molecule has 0 radical (unpaired) electrons. The van der Waals surface area contributed by atoms with Crippen molar-refractivity contribution in [2.75, 3.05) is 0 Å². The van der Waals surface area contributed by atoms with Gasteiger partial charge < -0.3 is 0 Å². The molecule has 0 aromatic carbocycles. The highest BCUT2D eigenvalue weighted by molar-refractivity contribution is 4.84. The van der Waals surface area contributed by atoms with Crippen molar-refractivity contribution in [1.29, 1.82) is 0 Å². The van der Waals surface area contributed by atoms with E-state index in [1.807, 2.05) is 0 Å². The van der Waals surface area contributed by atoms with Crippen molar-refractivity contribution in [3.8, 4) is 0 Å². The molecular formula is C26H51N2+. The molecule has 0 saturated carbocycles. The largest absolute Gasteiger partial charge is 0.256 e. The van der Waals surface area contributed by atoms with Crippen LogP contribution in [0.15, 0.2) is 12.4 Å². The standard InChI is InChI=1S/C26H51N2/c1-4-7-10-12-13-14-15-17-20-23-28-25-24-27(22-19-16-11-8-5-2)26(28)21-18-9-6-3/h24-25H,4-23H2,1-3H3/q+1. The van der Waals surface area contributed by atoms with Gasteiger partial charge >= 0.3 is 0 Å². The molecule has 1 rings (SSSR count). The molecule has 0 bridgehead atoms. The normalized spacial score (nSPS) is 11.4. The van der Waals surface area contributed by atoms with Gasteiger partial charge in [-0.05, 0) is 32.1 Å². The minimum atomic E-state index is 1.22. The fourth-order valence-electron chi connectivity index (χ4n) is 4.20. The molecule has 0 unspecified atom stereocenters. The molecule has 0 aliphatic rings. The van der Waals surface area contributed by atoms with Gasteiger partial charge in [0.05, 0.1) is 13.1 Å². The van der Waals surface area contributed by atoms with Crippen molar-refractivity contribution >= 4 is 0 Å². The summed E-state index contributed by atoms with van der Waals surface area (Å²) in [6.07, 6.45) is 29.6. The van der Waals surface area contributed by atoms with E-state index in [9.17, 15) is 0 Å². The summed E-state index contributed by atoms with van der Waals surface area (Å²) in [4.78, 5) is 0. The molecule has 0 saturated heterocycles. The fraction of sp³-hybridized carbons (Fsp3) is 0.885. The van der Waals surface area contributed by atoms with E-state index in [2.05, 4.69) is 42.3 Å². The minimum absolute atomic E-state index is 1.22. The molecule has 28 heavy (non-hydrogen) atoms. The van der Waals surface area contributed by atoms with Crippen molar-refractivity contribution in [1.82, 2.24) is 4.57 Å². The number of rotatable bonds is 20. The summed E-state index contributed by atoms with van der Waals surface area (Å²) in [5.74, 6) is 1.59. The molecule has 1 aromatic heterocycles. The number of hydrogen-bond acceptors (Lipinski definition) is 0. The molecule has 1 heterocycles. The van der Waals surface area contributed by atoms with Crippen LogP contribution >= 0.6 is 0 Å². The van der Waals surface area contributed by atoms with Gasteiger partial charge in [-0.1, -0.05) is 97.8 Å². The highest BCUT2D eigenvalue weighted by Gasteiger charge is 2.16. The maximum atomic E-state index is 2.57. The summed E-state index contributed by atoms with van der Waals surface area (Å²) in [6, 6.07) is 0. The van der Waals surface area contributed by atoms with Crippen molar-refractivity contribution in [3.63, 3.8) is 0 Å². The van der Waals surface area contributed by atoms with E-state index < -0.39 is 0 Å². The second-order valence-electron chi connectivity index (χ2n) is 8.80. The molecule has 0 aliphatic heterocycles. The number of unbranched alkanes of at least 4 members (excludes halogenated alkanes) is 14. The number of imidazole rings is 1. The molecule has 0 amide bonds. The number of hydrogen-bond donors (Lipinski definition) is 0. The van der Waals surface area contributed by atoms with E-state index in [1.54, 1.807) is 5.82 Å². The highest BCUT2D eigenvalue weighted by atomic mass is 15.1. The Labute approximate surface area is 177 Å². The first kappa shape index (κ1) is 25.2. The fourth-order valence-corrected chi connectivity index (χ4v) is 4.20. The predicted molar refractivity (Wildman–Crippen MR) is 124 cm³/mol. The minimum Gasteiger partial charge on any atom is -0.234 e. The SMILES string of the molecule is CCCCCCCCCCCn1cc[n+](CCCCCCC)c1CCCCC. The molecule has 2 nitrogen and oxygen atoms in total. The molecule has 164 valence electrons. The van der Waals surface area contributed by atoms with E-state index >= 15 is 0 Å². The summed E-state index contributed by atoms with van der Waals surface area (Å²) < 4.78 is 5.14. The smallest absolute Gasteiger partial charge is 0.234 e. The van der Waals surface area contributed by atoms with Crippen LogP contribution in [0, 0.1) is 0 Å². The Kier molecular flexibility index (Phi) is 16.5. The monoisotopic (exact) mass is 391 g/mol. The molecular weight excluding hydrogens is 340 g/mol. The van der Waals surface area contributed by atoms with Gasteiger partial charge in [-0.3, -0.25) is 0 Å². The third-order valence-electron chi connectivity index (χ3n) is 6.10. The maximum Gasteiger partial charge on any atom is 0.256 e. The Morgan fingerprint density at radius 2 is 1.11 bits per heavy atom. The van der Waals surface area contributed by atoms with Crippen LogP contribution in [0.4, 0.5) is 0 Å². The average molecular weight is 392 g/mol. The molecule has 2 heteroatoms. The van der Waals surface area contributed by atoms with Crippen LogP contribution in [-0.2, 0) is 19.5 Å². The summed E-state index contributed by atoms with van der Waals surface area (Å²) >= 11 is 0. The molecule has 0 atom stereocenters. The Balaban J connectivity index is 2.33. The predicted octanol–water partition coefficient (Wildman–Crippen LogP) is 8.01. The van der Waals surface area contributed by atoms with Crippen molar-refractivity contribution in [2.45, 2.75) is 149 Å². The first-order chi connectivity index (χ1) is 13.8. The quantitative estimate of drug-likeness (QED) is 0.157. The third kappa shape index (κ3) is 11.9. The molecule has 0 aliphatic carbocycles. The summed E-state index contributed by atoms with van der Waals surface area (Å²) in [5, 5.41) is 0. The van der Waals surface area contributed by atoms with Crippen LogP contribution in [0.25, 0.3) is 0 Å². The van der Waals surface area contributed by atoms with Gasteiger partial charge in [0, 0.05) is 6.42 Å². The second kappa shape index (κ2) is 18.3. The Morgan fingerprint density at radius 3 is 1.71 bits per heavy atom. The van der Waals surface area contributed by atoms with E-state index in [1.165, 1.54) is 129 Å². The van der Waals surface area contributed by atoms with E-state index in [0.29, 0.717) is 0 Å². The molecule has 1 aromatic rings. The average Bonchev–Trinajstić information content (AvgIpc) is 3.08.